The molecule has 1 atom stereocenters. The Hall–Kier alpha value is -1.06. The molecule has 15 heavy (non-hydrogen) atoms. The monoisotopic (exact) mass is 212 g/mol. The summed E-state index contributed by atoms with van der Waals surface area (Å²) in [7, 11) is 1.60. The molecule has 0 saturated heterocycles. The summed E-state index contributed by atoms with van der Waals surface area (Å²) in [5.74, 6) is 0.484. The number of carbonyl (C=O) groups is 2. The SMILES string of the molecule is CNC(=O)C(CC(C)C)NC(=O)C1CC1. The zero-order chi connectivity index (χ0) is 11.4. The van der Waals surface area contributed by atoms with Gasteiger partial charge in [0.1, 0.15) is 6.04 Å². The van der Waals surface area contributed by atoms with Gasteiger partial charge in [-0.3, -0.25) is 9.59 Å². The van der Waals surface area contributed by atoms with Gasteiger partial charge in [-0.25, -0.2) is 0 Å². The summed E-state index contributed by atoms with van der Waals surface area (Å²) in [6.45, 7) is 4.08. The molecule has 2 N–H and O–H groups in total. The minimum Gasteiger partial charge on any atom is -0.357 e. The van der Waals surface area contributed by atoms with Crippen molar-refractivity contribution in [2.24, 2.45) is 11.8 Å². The summed E-state index contributed by atoms with van der Waals surface area (Å²) >= 11 is 0. The fourth-order valence-corrected chi connectivity index (χ4v) is 1.51. The number of amides is 2. The molecule has 0 spiro atoms. The van der Waals surface area contributed by atoms with Crippen LogP contribution in [0.15, 0.2) is 0 Å². The van der Waals surface area contributed by atoms with E-state index in [4.69, 9.17) is 0 Å². The van der Waals surface area contributed by atoms with Crippen LogP contribution in [0.25, 0.3) is 0 Å². The Kier molecular flexibility index (Phi) is 4.12. The fourth-order valence-electron chi connectivity index (χ4n) is 1.51. The van der Waals surface area contributed by atoms with Crippen molar-refractivity contribution >= 4 is 11.8 Å². The lowest BCUT2D eigenvalue weighted by atomic mass is 10.0. The molecule has 1 saturated carbocycles. The molecule has 1 unspecified atom stereocenters. The Morgan fingerprint density at radius 1 is 1.33 bits per heavy atom. The largest absolute Gasteiger partial charge is 0.357 e. The lowest BCUT2D eigenvalue weighted by Crippen LogP contribution is -2.46. The first kappa shape index (κ1) is 12.0. The number of hydrogen-bond acceptors (Lipinski definition) is 2. The van der Waals surface area contributed by atoms with Crippen molar-refractivity contribution in [1.29, 1.82) is 0 Å². The summed E-state index contributed by atoms with van der Waals surface area (Å²) in [5.41, 5.74) is 0. The average Bonchev–Trinajstić information content (AvgIpc) is 2.97. The zero-order valence-electron chi connectivity index (χ0n) is 9.67. The van der Waals surface area contributed by atoms with Crippen LogP contribution >= 0.6 is 0 Å². The lowest BCUT2D eigenvalue weighted by Gasteiger charge is -2.18. The molecule has 0 bridgehead atoms. The second-order valence-electron chi connectivity index (χ2n) is 4.58. The van der Waals surface area contributed by atoms with Crippen molar-refractivity contribution in [3.8, 4) is 0 Å². The maximum atomic E-state index is 11.5. The van der Waals surface area contributed by atoms with Gasteiger partial charge in [-0.1, -0.05) is 13.8 Å². The summed E-state index contributed by atoms with van der Waals surface area (Å²) < 4.78 is 0. The summed E-state index contributed by atoms with van der Waals surface area (Å²) in [6.07, 6.45) is 2.63. The first-order valence-corrected chi connectivity index (χ1v) is 5.56. The van der Waals surface area contributed by atoms with E-state index >= 15 is 0 Å². The van der Waals surface area contributed by atoms with Gasteiger partial charge in [0.25, 0.3) is 0 Å². The highest BCUT2D eigenvalue weighted by atomic mass is 16.2. The van der Waals surface area contributed by atoms with Crippen molar-refractivity contribution in [1.82, 2.24) is 10.6 Å². The van der Waals surface area contributed by atoms with Gasteiger partial charge in [0.05, 0.1) is 0 Å². The highest BCUT2D eigenvalue weighted by molar-refractivity contribution is 5.89. The Balaban J connectivity index is 2.46. The molecule has 0 aromatic rings. The van der Waals surface area contributed by atoms with Gasteiger partial charge < -0.3 is 10.6 Å². The van der Waals surface area contributed by atoms with Crippen molar-refractivity contribution in [2.45, 2.75) is 39.2 Å². The summed E-state index contributed by atoms with van der Waals surface area (Å²) in [5, 5.41) is 5.39. The van der Waals surface area contributed by atoms with Gasteiger partial charge in [-0.2, -0.15) is 0 Å². The molecule has 2 amide bonds. The second kappa shape index (κ2) is 5.14. The molecule has 1 fully saturated rings. The molecular weight excluding hydrogens is 192 g/mol. The molecule has 4 nitrogen and oxygen atoms in total. The van der Waals surface area contributed by atoms with Crippen LogP contribution in [0.5, 0.6) is 0 Å². The van der Waals surface area contributed by atoms with E-state index in [2.05, 4.69) is 10.6 Å². The Bertz CT molecular complexity index is 247. The minimum atomic E-state index is -0.372. The van der Waals surface area contributed by atoms with E-state index in [1.54, 1.807) is 7.05 Å². The average molecular weight is 212 g/mol. The topological polar surface area (TPSA) is 58.2 Å². The Morgan fingerprint density at radius 2 is 1.93 bits per heavy atom. The van der Waals surface area contributed by atoms with Crippen LogP contribution in [0.3, 0.4) is 0 Å². The van der Waals surface area contributed by atoms with E-state index in [9.17, 15) is 9.59 Å². The van der Waals surface area contributed by atoms with Crippen LogP contribution in [0.1, 0.15) is 33.1 Å². The highest BCUT2D eigenvalue weighted by Crippen LogP contribution is 2.29. The Labute approximate surface area is 90.8 Å². The van der Waals surface area contributed by atoms with Crippen LogP contribution in [0.2, 0.25) is 0 Å². The van der Waals surface area contributed by atoms with Crippen LogP contribution in [-0.4, -0.2) is 24.9 Å². The van der Waals surface area contributed by atoms with Crippen molar-refractivity contribution in [3.63, 3.8) is 0 Å². The van der Waals surface area contributed by atoms with Crippen molar-refractivity contribution in [3.05, 3.63) is 0 Å². The molecule has 0 radical (unpaired) electrons. The summed E-state index contributed by atoms with van der Waals surface area (Å²) in [4.78, 5) is 23.0. The first-order chi connectivity index (χ1) is 7.04. The standard InChI is InChI=1S/C11H20N2O2/c1-7(2)6-9(11(15)12-3)13-10(14)8-4-5-8/h7-9H,4-6H2,1-3H3,(H,12,15)(H,13,14). The molecule has 0 aromatic carbocycles. The van der Waals surface area contributed by atoms with E-state index in [0.29, 0.717) is 12.3 Å². The van der Waals surface area contributed by atoms with Gasteiger partial charge in [-0.05, 0) is 25.2 Å². The van der Waals surface area contributed by atoms with Gasteiger partial charge in [0.2, 0.25) is 11.8 Å². The number of carbonyl (C=O) groups excluding carboxylic acids is 2. The van der Waals surface area contributed by atoms with Crippen molar-refractivity contribution in [2.75, 3.05) is 7.05 Å². The maximum absolute atomic E-state index is 11.5. The molecule has 0 heterocycles. The van der Waals surface area contributed by atoms with Crippen LogP contribution in [0.4, 0.5) is 0 Å². The van der Waals surface area contributed by atoms with Crippen LogP contribution in [0, 0.1) is 11.8 Å². The second-order valence-corrected chi connectivity index (χ2v) is 4.58. The third kappa shape index (κ3) is 3.90. The molecule has 86 valence electrons. The van der Waals surface area contributed by atoms with Crippen LogP contribution < -0.4 is 10.6 Å². The van der Waals surface area contributed by atoms with E-state index < -0.39 is 0 Å². The third-order valence-electron chi connectivity index (χ3n) is 2.53. The molecule has 0 aliphatic heterocycles. The number of hydrogen-bond donors (Lipinski definition) is 2. The number of nitrogens with one attached hydrogen (secondary N) is 2. The Morgan fingerprint density at radius 3 is 2.33 bits per heavy atom. The maximum Gasteiger partial charge on any atom is 0.242 e. The fraction of sp³-hybridized carbons (Fsp3) is 0.818. The van der Waals surface area contributed by atoms with Gasteiger partial charge in [0.15, 0.2) is 0 Å². The van der Waals surface area contributed by atoms with Crippen molar-refractivity contribution < 1.29 is 9.59 Å². The van der Waals surface area contributed by atoms with E-state index in [0.717, 1.165) is 12.8 Å². The minimum absolute atomic E-state index is 0.0317. The van der Waals surface area contributed by atoms with E-state index in [-0.39, 0.29) is 23.8 Å². The number of rotatable bonds is 5. The molecule has 1 rings (SSSR count). The van der Waals surface area contributed by atoms with E-state index in [1.807, 2.05) is 13.8 Å². The first-order valence-electron chi connectivity index (χ1n) is 5.56. The molecule has 1 aliphatic rings. The molecule has 4 heteroatoms. The molecular formula is C11H20N2O2. The van der Waals surface area contributed by atoms with Gasteiger partial charge >= 0.3 is 0 Å². The quantitative estimate of drug-likeness (QED) is 0.704. The third-order valence-corrected chi connectivity index (χ3v) is 2.53. The van der Waals surface area contributed by atoms with Crippen LogP contribution in [-0.2, 0) is 9.59 Å². The highest BCUT2D eigenvalue weighted by Gasteiger charge is 2.32. The number of likely N-dealkylation sites (N-methyl/N-ethyl adjacent to an activating group) is 1. The predicted molar refractivity (Wildman–Crippen MR) is 58.2 cm³/mol. The summed E-state index contributed by atoms with van der Waals surface area (Å²) in [6, 6.07) is -0.372. The normalized spacial score (nSPS) is 17.3. The molecule has 0 aromatic heterocycles. The molecule has 1 aliphatic carbocycles. The zero-order valence-corrected chi connectivity index (χ0v) is 9.67. The predicted octanol–water partition coefficient (Wildman–Crippen LogP) is 0.673. The lowest BCUT2D eigenvalue weighted by molar-refractivity contribution is -0.129. The van der Waals surface area contributed by atoms with E-state index in [1.165, 1.54) is 0 Å². The smallest absolute Gasteiger partial charge is 0.242 e. The van der Waals surface area contributed by atoms with Gasteiger partial charge in [0, 0.05) is 13.0 Å². The van der Waals surface area contributed by atoms with Gasteiger partial charge in [-0.15, -0.1) is 0 Å².